The van der Waals surface area contributed by atoms with Gasteiger partial charge in [-0.15, -0.1) is 13.2 Å². The van der Waals surface area contributed by atoms with Crippen LogP contribution >= 0.6 is 0 Å². The number of carboxylic acid groups (broad SMARTS) is 1. The zero-order valence-corrected chi connectivity index (χ0v) is 15.3. The summed E-state index contributed by atoms with van der Waals surface area (Å²) in [5, 5.41) is 14.9. The van der Waals surface area contributed by atoms with Crippen LogP contribution in [0.4, 0.5) is 18.9 Å². The van der Waals surface area contributed by atoms with Crippen LogP contribution in [0.5, 0.6) is 5.75 Å². The van der Waals surface area contributed by atoms with Gasteiger partial charge in [-0.3, -0.25) is 4.79 Å². The minimum Gasteiger partial charge on any atom is -0.478 e. The second-order valence-electron chi connectivity index (χ2n) is 6.69. The summed E-state index contributed by atoms with van der Waals surface area (Å²) in [7, 11) is 0. The quantitative estimate of drug-likeness (QED) is 0.672. The lowest BCUT2D eigenvalue weighted by atomic mass is 10.0. The third kappa shape index (κ3) is 5.71. The molecule has 2 aromatic rings. The lowest BCUT2D eigenvalue weighted by molar-refractivity contribution is -0.274. The number of amides is 1. The molecule has 1 atom stereocenters. The van der Waals surface area contributed by atoms with Crippen LogP contribution in [0.2, 0.25) is 0 Å². The minimum atomic E-state index is -4.89. The number of alkyl halides is 3. The van der Waals surface area contributed by atoms with Crippen molar-refractivity contribution in [2.45, 2.75) is 31.7 Å². The van der Waals surface area contributed by atoms with Crippen LogP contribution in [-0.2, 0) is 4.79 Å². The molecular formula is C20H19F3N2O4. The number of halogens is 3. The largest absolute Gasteiger partial charge is 0.573 e. The normalized spacial score (nSPS) is 16.4. The van der Waals surface area contributed by atoms with Gasteiger partial charge in [0.05, 0.1) is 5.56 Å². The van der Waals surface area contributed by atoms with E-state index < -0.39 is 18.1 Å². The van der Waals surface area contributed by atoms with Crippen molar-refractivity contribution < 1.29 is 32.6 Å². The van der Waals surface area contributed by atoms with E-state index >= 15 is 0 Å². The number of benzene rings is 2. The predicted molar refractivity (Wildman–Crippen MR) is 99.8 cm³/mol. The van der Waals surface area contributed by atoms with Crippen molar-refractivity contribution in [2.75, 3.05) is 11.9 Å². The first-order valence-corrected chi connectivity index (χ1v) is 8.98. The van der Waals surface area contributed by atoms with Gasteiger partial charge in [0.2, 0.25) is 5.91 Å². The van der Waals surface area contributed by atoms with Crippen LogP contribution in [0.25, 0.3) is 11.1 Å². The van der Waals surface area contributed by atoms with E-state index in [1.165, 1.54) is 36.4 Å². The van der Waals surface area contributed by atoms with E-state index in [0.29, 0.717) is 11.3 Å². The van der Waals surface area contributed by atoms with Crippen molar-refractivity contribution in [3.63, 3.8) is 0 Å². The van der Waals surface area contributed by atoms with Gasteiger partial charge in [-0.25, -0.2) is 4.79 Å². The highest BCUT2D eigenvalue weighted by Gasteiger charge is 2.32. The number of carbonyl (C=O) groups excluding carboxylic acids is 1. The highest BCUT2D eigenvalue weighted by Crippen LogP contribution is 2.36. The molecule has 0 spiro atoms. The van der Waals surface area contributed by atoms with Crippen LogP contribution in [0.1, 0.15) is 29.6 Å². The Balaban J connectivity index is 1.86. The maximum absolute atomic E-state index is 12.8. The predicted octanol–water partition coefficient (Wildman–Crippen LogP) is 4.03. The summed E-state index contributed by atoms with van der Waals surface area (Å²) < 4.78 is 42.4. The van der Waals surface area contributed by atoms with E-state index in [0.717, 1.165) is 25.5 Å². The summed E-state index contributed by atoms with van der Waals surface area (Å²) in [4.78, 5) is 23.2. The molecule has 1 amide bonds. The van der Waals surface area contributed by atoms with Crippen molar-refractivity contribution in [3.8, 4) is 16.9 Å². The monoisotopic (exact) mass is 408 g/mol. The molecule has 2 aromatic carbocycles. The van der Waals surface area contributed by atoms with E-state index in [2.05, 4.69) is 15.4 Å². The van der Waals surface area contributed by atoms with Crippen molar-refractivity contribution in [1.29, 1.82) is 0 Å². The van der Waals surface area contributed by atoms with E-state index in [9.17, 15) is 22.8 Å². The molecule has 0 aliphatic carbocycles. The summed E-state index contributed by atoms with van der Waals surface area (Å²) >= 11 is 0. The molecular weight excluding hydrogens is 389 g/mol. The summed E-state index contributed by atoms with van der Waals surface area (Å²) in [5.41, 5.74) is 0.722. The topological polar surface area (TPSA) is 87.7 Å². The maximum Gasteiger partial charge on any atom is 0.573 e. The molecule has 3 rings (SSSR count). The highest BCUT2D eigenvalue weighted by atomic mass is 19.4. The Morgan fingerprint density at radius 1 is 1.17 bits per heavy atom. The number of hydrogen-bond acceptors (Lipinski definition) is 4. The van der Waals surface area contributed by atoms with Crippen molar-refractivity contribution in [1.82, 2.24) is 5.32 Å². The van der Waals surface area contributed by atoms with E-state index in [4.69, 9.17) is 5.11 Å². The number of carbonyl (C=O) groups is 2. The Labute approximate surface area is 164 Å². The molecule has 1 fully saturated rings. The van der Waals surface area contributed by atoms with Crippen LogP contribution in [0.3, 0.4) is 0 Å². The summed E-state index contributed by atoms with van der Waals surface area (Å²) in [6, 6.07) is 9.25. The highest BCUT2D eigenvalue weighted by molar-refractivity contribution is 5.93. The average molecular weight is 408 g/mol. The fraction of sp³-hybridized carbons (Fsp3) is 0.300. The van der Waals surface area contributed by atoms with E-state index in [1.807, 2.05) is 0 Å². The van der Waals surface area contributed by atoms with Crippen molar-refractivity contribution in [3.05, 3.63) is 48.0 Å². The van der Waals surface area contributed by atoms with Gasteiger partial charge in [0.1, 0.15) is 5.75 Å². The molecule has 6 nitrogen and oxygen atoms in total. The lowest BCUT2D eigenvalue weighted by Gasteiger charge is -2.16. The molecule has 9 heteroatoms. The van der Waals surface area contributed by atoms with Gasteiger partial charge in [0, 0.05) is 23.7 Å². The number of hydrogen-bond donors (Lipinski definition) is 3. The number of aromatic carboxylic acids is 1. The Morgan fingerprint density at radius 3 is 2.48 bits per heavy atom. The van der Waals surface area contributed by atoms with Crippen molar-refractivity contribution in [2.24, 2.45) is 0 Å². The third-order valence-corrected chi connectivity index (χ3v) is 4.53. The second-order valence-corrected chi connectivity index (χ2v) is 6.69. The van der Waals surface area contributed by atoms with E-state index in [-0.39, 0.29) is 29.5 Å². The van der Waals surface area contributed by atoms with Gasteiger partial charge in [-0.2, -0.15) is 0 Å². The first-order chi connectivity index (χ1) is 13.7. The Bertz CT molecular complexity index is 892. The number of rotatable bonds is 6. The fourth-order valence-electron chi connectivity index (χ4n) is 3.21. The molecule has 29 heavy (non-hydrogen) atoms. The van der Waals surface area contributed by atoms with Gasteiger partial charge in [0.25, 0.3) is 0 Å². The number of anilines is 1. The molecule has 1 heterocycles. The van der Waals surface area contributed by atoms with Gasteiger partial charge in [-0.1, -0.05) is 12.1 Å². The smallest absolute Gasteiger partial charge is 0.478 e. The van der Waals surface area contributed by atoms with Gasteiger partial charge >= 0.3 is 12.3 Å². The summed E-state index contributed by atoms with van der Waals surface area (Å²) in [6.45, 7) is 0.859. The molecule has 0 bridgehead atoms. The van der Waals surface area contributed by atoms with Crippen LogP contribution in [0, 0.1) is 0 Å². The average Bonchev–Trinajstić information content (AvgIpc) is 3.14. The molecule has 1 saturated heterocycles. The first-order valence-electron chi connectivity index (χ1n) is 8.98. The van der Waals surface area contributed by atoms with Gasteiger partial charge < -0.3 is 20.5 Å². The van der Waals surface area contributed by atoms with Gasteiger partial charge in [-0.05, 0) is 55.3 Å². The summed E-state index contributed by atoms with van der Waals surface area (Å²) in [5.74, 6) is -1.85. The second kappa shape index (κ2) is 8.52. The molecule has 1 aliphatic rings. The molecule has 0 saturated carbocycles. The third-order valence-electron chi connectivity index (χ3n) is 4.53. The summed E-state index contributed by atoms with van der Waals surface area (Å²) in [6.07, 6.45) is -2.73. The first kappa shape index (κ1) is 20.7. The fourth-order valence-corrected chi connectivity index (χ4v) is 3.21. The van der Waals surface area contributed by atoms with Crippen LogP contribution in [-0.4, -0.2) is 35.9 Å². The zero-order chi connectivity index (χ0) is 21.0. The Morgan fingerprint density at radius 2 is 1.90 bits per heavy atom. The van der Waals surface area contributed by atoms with Crippen molar-refractivity contribution >= 4 is 17.6 Å². The lowest BCUT2D eigenvalue weighted by Crippen LogP contribution is -2.27. The SMILES string of the molecule is O=C(C[C@@H]1CCCN1)Nc1ccc(OC(F)(F)F)c(-c2ccc(C(=O)O)cc2)c1. The molecule has 0 aromatic heterocycles. The molecule has 154 valence electrons. The Hall–Kier alpha value is -3.07. The molecule has 0 radical (unpaired) electrons. The minimum absolute atomic E-state index is 0.000519. The number of nitrogens with one attached hydrogen (secondary N) is 2. The molecule has 1 aliphatic heterocycles. The van der Waals surface area contributed by atoms with Crippen LogP contribution < -0.4 is 15.4 Å². The number of carboxylic acids is 1. The van der Waals surface area contributed by atoms with E-state index in [1.54, 1.807) is 0 Å². The van der Waals surface area contributed by atoms with Crippen LogP contribution in [0.15, 0.2) is 42.5 Å². The van der Waals surface area contributed by atoms with Gasteiger partial charge in [0.15, 0.2) is 0 Å². The Kier molecular flexibility index (Phi) is 6.07. The molecule has 3 N–H and O–H groups in total. The maximum atomic E-state index is 12.8. The zero-order valence-electron chi connectivity index (χ0n) is 15.3. The number of ether oxygens (including phenoxy) is 1. The standard InChI is InChI=1S/C20H19F3N2O4/c21-20(22,23)29-17-8-7-15(25-18(26)11-14-2-1-9-24-14)10-16(17)12-3-5-13(6-4-12)19(27)28/h3-8,10,14,24H,1-2,9,11H2,(H,25,26)(H,27,28)/t14-/m0/s1. The molecule has 0 unspecified atom stereocenters.